The number of aliphatic hydroxyl groups is 1. The molecule has 1 aliphatic heterocycles. The van der Waals surface area contributed by atoms with Crippen LogP contribution in [0.3, 0.4) is 0 Å². The second-order valence-corrected chi connectivity index (χ2v) is 6.52. The average Bonchev–Trinajstić information content (AvgIpc) is 2.35. The summed E-state index contributed by atoms with van der Waals surface area (Å²) >= 11 is 0. The Kier molecular flexibility index (Phi) is 5.53. The van der Waals surface area contributed by atoms with E-state index in [1.807, 2.05) is 13.8 Å². The number of aliphatic carboxylic acids is 1. The van der Waals surface area contributed by atoms with Crippen LogP contribution in [0, 0.1) is 11.3 Å². The highest BCUT2D eigenvalue weighted by atomic mass is 16.4. The van der Waals surface area contributed by atoms with E-state index in [2.05, 4.69) is 10.6 Å². The van der Waals surface area contributed by atoms with Crippen LogP contribution in [0.4, 0.5) is 0 Å². The van der Waals surface area contributed by atoms with Crippen molar-refractivity contribution in [1.82, 2.24) is 10.6 Å². The fourth-order valence-corrected chi connectivity index (χ4v) is 2.54. The first kappa shape index (κ1) is 16.9. The van der Waals surface area contributed by atoms with Gasteiger partial charge in [0.05, 0.1) is 12.0 Å². The van der Waals surface area contributed by atoms with Gasteiger partial charge < -0.3 is 20.8 Å². The minimum Gasteiger partial charge on any atom is -0.481 e. The Morgan fingerprint density at radius 1 is 1.35 bits per heavy atom. The molecule has 20 heavy (non-hydrogen) atoms. The monoisotopic (exact) mass is 286 g/mol. The molecule has 0 aliphatic carbocycles. The quantitative estimate of drug-likeness (QED) is 0.565. The molecule has 0 aromatic carbocycles. The molecule has 1 aliphatic rings. The highest BCUT2D eigenvalue weighted by Crippen LogP contribution is 2.32. The summed E-state index contributed by atoms with van der Waals surface area (Å²) in [6.45, 7) is 6.95. The van der Waals surface area contributed by atoms with Gasteiger partial charge in [0, 0.05) is 12.0 Å². The van der Waals surface area contributed by atoms with Crippen LogP contribution in [-0.2, 0) is 9.59 Å². The number of carboxylic acid groups (broad SMARTS) is 1. The topological polar surface area (TPSA) is 98.7 Å². The van der Waals surface area contributed by atoms with Gasteiger partial charge in [-0.1, -0.05) is 13.8 Å². The van der Waals surface area contributed by atoms with Crippen molar-refractivity contribution in [2.45, 2.75) is 45.6 Å². The van der Waals surface area contributed by atoms with Crippen molar-refractivity contribution in [3.05, 3.63) is 0 Å². The van der Waals surface area contributed by atoms with Crippen LogP contribution < -0.4 is 10.6 Å². The highest BCUT2D eigenvalue weighted by molar-refractivity contribution is 5.82. The molecule has 2 atom stereocenters. The van der Waals surface area contributed by atoms with Gasteiger partial charge in [-0.25, -0.2) is 0 Å². The summed E-state index contributed by atoms with van der Waals surface area (Å²) < 4.78 is 0. The Bertz CT molecular complexity index is 360. The second kappa shape index (κ2) is 6.54. The smallest absolute Gasteiger partial charge is 0.306 e. The van der Waals surface area contributed by atoms with E-state index in [1.165, 1.54) is 6.92 Å². The van der Waals surface area contributed by atoms with Gasteiger partial charge in [-0.3, -0.25) is 9.59 Å². The second-order valence-electron chi connectivity index (χ2n) is 6.52. The number of nitrogens with one attached hydrogen (secondary N) is 2. The van der Waals surface area contributed by atoms with Gasteiger partial charge in [0.2, 0.25) is 5.91 Å². The van der Waals surface area contributed by atoms with Crippen LogP contribution in [0.2, 0.25) is 0 Å². The Balaban J connectivity index is 2.54. The lowest BCUT2D eigenvalue weighted by molar-refractivity contribution is -0.143. The zero-order valence-corrected chi connectivity index (χ0v) is 12.5. The number of rotatable bonds is 6. The van der Waals surface area contributed by atoms with Crippen LogP contribution in [0.1, 0.15) is 40.0 Å². The van der Waals surface area contributed by atoms with Crippen LogP contribution in [0.25, 0.3) is 0 Å². The lowest BCUT2D eigenvalue weighted by atomic mass is 9.74. The summed E-state index contributed by atoms with van der Waals surface area (Å²) in [5.74, 6) is -0.975. The van der Waals surface area contributed by atoms with Crippen molar-refractivity contribution in [3.63, 3.8) is 0 Å². The molecule has 1 rings (SSSR count). The number of hydrogen-bond acceptors (Lipinski definition) is 4. The third kappa shape index (κ3) is 4.76. The first-order valence-electron chi connectivity index (χ1n) is 7.08. The van der Waals surface area contributed by atoms with Gasteiger partial charge in [-0.05, 0) is 38.8 Å². The minimum absolute atomic E-state index is 0.0539. The van der Waals surface area contributed by atoms with Gasteiger partial charge in [0.15, 0.2) is 0 Å². The number of carbonyl (C=O) groups excluding carboxylic acids is 1. The predicted molar refractivity (Wildman–Crippen MR) is 75.3 cm³/mol. The number of piperidine rings is 1. The molecule has 1 amide bonds. The van der Waals surface area contributed by atoms with E-state index >= 15 is 0 Å². The van der Waals surface area contributed by atoms with Gasteiger partial charge in [-0.2, -0.15) is 0 Å². The largest absolute Gasteiger partial charge is 0.481 e. The van der Waals surface area contributed by atoms with E-state index < -0.39 is 23.4 Å². The summed E-state index contributed by atoms with van der Waals surface area (Å²) in [5, 5.41) is 24.6. The van der Waals surface area contributed by atoms with Crippen LogP contribution in [-0.4, -0.2) is 47.3 Å². The van der Waals surface area contributed by atoms with Crippen molar-refractivity contribution in [3.8, 4) is 0 Å². The summed E-state index contributed by atoms with van der Waals surface area (Å²) in [4.78, 5) is 22.9. The van der Waals surface area contributed by atoms with Gasteiger partial charge >= 0.3 is 5.97 Å². The molecule has 0 saturated carbocycles. The maximum absolute atomic E-state index is 12.3. The molecule has 0 aromatic rings. The third-order valence-electron chi connectivity index (χ3n) is 4.06. The Labute approximate surface area is 119 Å². The minimum atomic E-state index is -1.43. The fourth-order valence-electron chi connectivity index (χ4n) is 2.54. The predicted octanol–water partition coefficient (Wildman–Crippen LogP) is 0.354. The van der Waals surface area contributed by atoms with E-state index in [0.717, 1.165) is 25.9 Å². The van der Waals surface area contributed by atoms with Crippen LogP contribution in [0.5, 0.6) is 0 Å². The Hall–Kier alpha value is -1.14. The lowest BCUT2D eigenvalue weighted by Gasteiger charge is -2.36. The van der Waals surface area contributed by atoms with Crippen LogP contribution in [0.15, 0.2) is 0 Å². The zero-order chi connectivity index (χ0) is 15.4. The van der Waals surface area contributed by atoms with Gasteiger partial charge in [-0.15, -0.1) is 0 Å². The molecule has 116 valence electrons. The number of carbonyl (C=O) groups is 2. The number of hydrogen-bond donors (Lipinski definition) is 4. The first-order chi connectivity index (χ1) is 9.15. The van der Waals surface area contributed by atoms with Crippen LogP contribution >= 0.6 is 0 Å². The molecule has 0 bridgehead atoms. The summed E-state index contributed by atoms with van der Waals surface area (Å²) in [5.41, 5.74) is -1.96. The highest BCUT2D eigenvalue weighted by Gasteiger charge is 2.38. The van der Waals surface area contributed by atoms with Gasteiger partial charge in [0.1, 0.15) is 0 Å². The molecule has 6 heteroatoms. The van der Waals surface area contributed by atoms with Gasteiger partial charge in [0.25, 0.3) is 0 Å². The standard InChI is InChI=1S/C14H26N2O4/c1-13(2,10-5-4-6-15-8-10)12(19)16-9-14(3,20)7-11(17)18/h10,15,20H,4-9H2,1-3H3,(H,16,19)(H,17,18). The molecule has 1 heterocycles. The molecule has 4 N–H and O–H groups in total. The van der Waals surface area contributed by atoms with E-state index in [1.54, 1.807) is 0 Å². The summed E-state index contributed by atoms with van der Waals surface area (Å²) in [6.07, 6.45) is 1.66. The van der Waals surface area contributed by atoms with E-state index in [0.29, 0.717) is 0 Å². The molecule has 6 nitrogen and oxygen atoms in total. The Morgan fingerprint density at radius 2 is 2.00 bits per heavy atom. The van der Waals surface area contributed by atoms with Crippen molar-refractivity contribution < 1.29 is 19.8 Å². The van der Waals surface area contributed by atoms with E-state index in [-0.39, 0.29) is 18.4 Å². The molecule has 0 aromatic heterocycles. The maximum Gasteiger partial charge on any atom is 0.306 e. The molecular weight excluding hydrogens is 260 g/mol. The molecule has 0 spiro atoms. The normalized spacial score (nSPS) is 22.9. The molecular formula is C14H26N2O4. The summed E-state index contributed by atoms with van der Waals surface area (Å²) in [7, 11) is 0. The Morgan fingerprint density at radius 3 is 2.50 bits per heavy atom. The molecule has 1 fully saturated rings. The molecule has 1 saturated heterocycles. The summed E-state index contributed by atoms with van der Waals surface area (Å²) in [6, 6.07) is 0. The number of carboxylic acids is 1. The fraction of sp³-hybridized carbons (Fsp3) is 0.857. The molecule has 0 radical (unpaired) electrons. The van der Waals surface area contributed by atoms with E-state index in [4.69, 9.17) is 5.11 Å². The van der Waals surface area contributed by atoms with Crippen molar-refractivity contribution in [1.29, 1.82) is 0 Å². The van der Waals surface area contributed by atoms with Crippen molar-refractivity contribution >= 4 is 11.9 Å². The van der Waals surface area contributed by atoms with Crippen molar-refractivity contribution in [2.75, 3.05) is 19.6 Å². The average molecular weight is 286 g/mol. The van der Waals surface area contributed by atoms with Crippen molar-refractivity contribution in [2.24, 2.45) is 11.3 Å². The third-order valence-corrected chi connectivity index (χ3v) is 4.06. The lowest BCUT2D eigenvalue weighted by Crippen LogP contribution is -2.50. The first-order valence-corrected chi connectivity index (χ1v) is 7.08. The molecule has 2 unspecified atom stereocenters. The van der Waals surface area contributed by atoms with E-state index in [9.17, 15) is 14.7 Å². The maximum atomic E-state index is 12.3. The SMILES string of the molecule is CC(O)(CNC(=O)C(C)(C)C1CCCNC1)CC(=O)O. The zero-order valence-electron chi connectivity index (χ0n) is 12.5. The number of amides is 1.